The van der Waals surface area contributed by atoms with Gasteiger partial charge in [-0.2, -0.15) is 17.2 Å². The summed E-state index contributed by atoms with van der Waals surface area (Å²) in [7, 11) is -5.53. The van der Waals surface area contributed by atoms with E-state index in [1.165, 1.54) is 13.8 Å². The summed E-state index contributed by atoms with van der Waals surface area (Å²) in [6.45, 7) is 1.12. The summed E-state index contributed by atoms with van der Waals surface area (Å²) >= 11 is 0. The molecule has 0 fully saturated rings. The molecule has 0 aliphatic carbocycles. The van der Waals surface area contributed by atoms with Gasteiger partial charge in [-0.1, -0.05) is 13.8 Å². The highest BCUT2D eigenvalue weighted by Gasteiger charge is 2.45. The van der Waals surface area contributed by atoms with E-state index in [0.29, 0.717) is 0 Å². The van der Waals surface area contributed by atoms with E-state index >= 15 is 0 Å². The highest BCUT2D eigenvalue weighted by Crippen LogP contribution is 2.20. The van der Waals surface area contributed by atoms with Gasteiger partial charge < -0.3 is 4.74 Å². The van der Waals surface area contributed by atoms with E-state index in [2.05, 4.69) is 4.74 Å². The largest absolute Gasteiger partial charge is 0.458 e. The number of hydrogen-bond acceptors (Lipinski definition) is 4. The molecule has 8 heteroatoms. The molecule has 0 aliphatic heterocycles. The SMILES string of the molecule is CC(C)C(=O)OCC(F)(F)S(=O)(=O)O. The summed E-state index contributed by atoms with van der Waals surface area (Å²) in [5.41, 5.74) is 0. The first-order chi connectivity index (χ1) is 6.08. The molecule has 0 saturated carbocycles. The molecule has 0 aromatic carbocycles. The van der Waals surface area contributed by atoms with Crippen LogP contribution in [0.1, 0.15) is 13.8 Å². The van der Waals surface area contributed by atoms with E-state index in [4.69, 9.17) is 4.55 Å². The van der Waals surface area contributed by atoms with Gasteiger partial charge in [0.05, 0.1) is 5.92 Å². The number of carbonyl (C=O) groups is 1. The van der Waals surface area contributed by atoms with Crippen molar-refractivity contribution in [2.24, 2.45) is 5.92 Å². The lowest BCUT2D eigenvalue weighted by Crippen LogP contribution is -2.35. The van der Waals surface area contributed by atoms with Gasteiger partial charge in [-0.25, -0.2) is 0 Å². The summed E-state index contributed by atoms with van der Waals surface area (Å²) in [6.07, 6.45) is 0. The van der Waals surface area contributed by atoms with Gasteiger partial charge in [-0.3, -0.25) is 9.35 Å². The van der Waals surface area contributed by atoms with Crippen molar-refractivity contribution in [1.82, 2.24) is 0 Å². The van der Waals surface area contributed by atoms with E-state index < -0.39 is 33.9 Å². The van der Waals surface area contributed by atoms with Crippen molar-refractivity contribution in [2.75, 3.05) is 6.61 Å². The Morgan fingerprint density at radius 1 is 1.50 bits per heavy atom. The van der Waals surface area contributed by atoms with Gasteiger partial charge in [0, 0.05) is 0 Å². The van der Waals surface area contributed by atoms with Crippen LogP contribution < -0.4 is 0 Å². The van der Waals surface area contributed by atoms with E-state index in [0.717, 1.165) is 0 Å². The molecule has 5 nitrogen and oxygen atoms in total. The second-order valence-electron chi connectivity index (χ2n) is 2.87. The van der Waals surface area contributed by atoms with Crippen LogP contribution in [-0.4, -0.2) is 30.8 Å². The number of rotatable bonds is 4. The number of carbonyl (C=O) groups excluding carboxylic acids is 1. The van der Waals surface area contributed by atoms with E-state index in [1.54, 1.807) is 0 Å². The molecule has 1 N–H and O–H groups in total. The summed E-state index contributed by atoms with van der Waals surface area (Å²) in [4.78, 5) is 10.7. The number of hydrogen-bond donors (Lipinski definition) is 1. The maximum Gasteiger partial charge on any atom is 0.402 e. The van der Waals surface area contributed by atoms with Gasteiger partial charge in [0.2, 0.25) is 0 Å². The Morgan fingerprint density at radius 3 is 2.21 bits per heavy atom. The highest BCUT2D eigenvalue weighted by atomic mass is 32.2. The van der Waals surface area contributed by atoms with Crippen LogP contribution in [0.5, 0.6) is 0 Å². The number of halogens is 2. The van der Waals surface area contributed by atoms with Crippen LogP contribution in [0.25, 0.3) is 0 Å². The lowest BCUT2D eigenvalue weighted by molar-refractivity contribution is -0.153. The quantitative estimate of drug-likeness (QED) is 0.569. The van der Waals surface area contributed by atoms with Crippen molar-refractivity contribution < 1.29 is 31.3 Å². The molecule has 0 amide bonds. The molecule has 0 aromatic rings. The maximum absolute atomic E-state index is 12.4. The van der Waals surface area contributed by atoms with Crippen LogP contribution in [0, 0.1) is 5.92 Å². The molecule has 0 unspecified atom stereocenters. The molecular formula is C6H10F2O5S. The van der Waals surface area contributed by atoms with Crippen LogP contribution >= 0.6 is 0 Å². The Hall–Kier alpha value is -0.760. The van der Waals surface area contributed by atoms with Gasteiger partial charge in [-0.15, -0.1) is 0 Å². The van der Waals surface area contributed by atoms with Crippen molar-refractivity contribution >= 4 is 16.1 Å². The molecule has 0 saturated heterocycles. The molecule has 14 heavy (non-hydrogen) atoms. The molecule has 0 radical (unpaired) electrons. The Bertz CT molecular complexity index is 308. The lowest BCUT2D eigenvalue weighted by Gasteiger charge is -2.13. The zero-order chi connectivity index (χ0) is 11.6. The van der Waals surface area contributed by atoms with Crippen LogP contribution in [0.4, 0.5) is 8.78 Å². The third kappa shape index (κ3) is 3.54. The van der Waals surface area contributed by atoms with Crippen molar-refractivity contribution in [1.29, 1.82) is 0 Å². The molecule has 0 aromatic heterocycles. The highest BCUT2D eigenvalue weighted by molar-refractivity contribution is 7.86. The summed E-state index contributed by atoms with van der Waals surface area (Å²) in [5, 5.41) is -4.46. The topological polar surface area (TPSA) is 80.7 Å². The molecule has 0 spiro atoms. The first-order valence-corrected chi connectivity index (χ1v) is 5.03. The summed E-state index contributed by atoms with van der Waals surface area (Å²) in [6, 6.07) is 0. The van der Waals surface area contributed by atoms with E-state index in [1.807, 2.05) is 0 Å². The third-order valence-corrected chi connectivity index (χ3v) is 2.10. The second-order valence-corrected chi connectivity index (χ2v) is 4.42. The molecule has 0 aliphatic rings. The number of alkyl halides is 2. The van der Waals surface area contributed by atoms with Crippen molar-refractivity contribution in [3.63, 3.8) is 0 Å². The van der Waals surface area contributed by atoms with Crippen molar-refractivity contribution in [3.8, 4) is 0 Å². The smallest absolute Gasteiger partial charge is 0.402 e. The fraction of sp³-hybridized carbons (Fsp3) is 0.833. The number of esters is 1. The van der Waals surface area contributed by atoms with Crippen LogP contribution in [-0.2, 0) is 19.6 Å². The zero-order valence-electron chi connectivity index (χ0n) is 7.53. The Morgan fingerprint density at radius 2 is 1.93 bits per heavy atom. The Kier molecular flexibility index (Phi) is 3.95. The molecule has 0 atom stereocenters. The summed E-state index contributed by atoms with van der Waals surface area (Å²) < 4.78 is 57.0. The molecule has 0 rings (SSSR count). The molecule has 84 valence electrons. The predicted octanol–water partition coefficient (Wildman–Crippen LogP) is 0.666. The van der Waals surface area contributed by atoms with Crippen molar-refractivity contribution in [2.45, 2.75) is 19.1 Å². The Balaban J connectivity index is 4.35. The maximum atomic E-state index is 12.4. The van der Waals surface area contributed by atoms with Gasteiger partial charge in [-0.05, 0) is 0 Å². The van der Waals surface area contributed by atoms with E-state index in [-0.39, 0.29) is 0 Å². The van der Waals surface area contributed by atoms with Crippen molar-refractivity contribution in [3.05, 3.63) is 0 Å². The molecular weight excluding hydrogens is 222 g/mol. The average molecular weight is 232 g/mol. The third-order valence-electron chi connectivity index (χ3n) is 1.23. The van der Waals surface area contributed by atoms with E-state index in [9.17, 15) is 22.0 Å². The Labute approximate surface area is 79.8 Å². The standard InChI is InChI=1S/C6H10F2O5S/c1-4(2)5(9)13-3-6(7,8)14(10,11)12/h4H,3H2,1-2H3,(H,10,11,12). The summed E-state index contributed by atoms with van der Waals surface area (Å²) in [5.74, 6) is -1.61. The van der Waals surface area contributed by atoms with Crippen LogP contribution in [0.3, 0.4) is 0 Å². The average Bonchev–Trinajstić information content (AvgIpc) is 1.97. The first kappa shape index (κ1) is 13.2. The zero-order valence-corrected chi connectivity index (χ0v) is 8.35. The van der Waals surface area contributed by atoms with Crippen LogP contribution in [0.2, 0.25) is 0 Å². The molecule has 0 heterocycles. The second kappa shape index (κ2) is 4.18. The van der Waals surface area contributed by atoms with Gasteiger partial charge in [0.1, 0.15) is 0 Å². The number of ether oxygens (including phenoxy) is 1. The monoisotopic (exact) mass is 232 g/mol. The predicted molar refractivity (Wildman–Crippen MR) is 42.3 cm³/mol. The van der Waals surface area contributed by atoms with Gasteiger partial charge >= 0.3 is 21.3 Å². The minimum atomic E-state index is -5.53. The first-order valence-electron chi connectivity index (χ1n) is 3.59. The van der Waals surface area contributed by atoms with Gasteiger partial charge in [0.15, 0.2) is 6.61 Å². The van der Waals surface area contributed by atoms with Gasteiger partial charge in [0.25, 0.3) is 0 Å². The molecule has 0 bridgehead atoms. The van der Waals surface area contributed by atoms with Crippen LogP contribution in [0.15, 0.2) is 0 Å². The normalized spacial score (nSPS) is 13.0. The minimum Gasteiger partial charge on any atom is -0.458 e. The fourth-order valence-electron chi connectivity index (χ4n) is 0.396. The fourth-order valence-corrected chi connectivity index (χ4v) is 0.604. The minimum absolute atomic E-state index is 0.646. The lowest BCUT2D eigenvalue weighted by atomic mass is 10.2.